The molecule has 1 saturated carbocycles. The van der Waals surface area contributed by atoms with E-state index in [1.54, 1.807) is 6.07 Å². The van der Waals surface area contributed by atoms with Gasteiger partial charge in [0.15, 0.2) is 0 Å². The molecule has 3 aliphatic rings. The molecule has 40 heavy (non-hydrogen) atoms. The first-order valence-corrected chi connectivity index (χ1v) is 14.2. The first kappa shape index (κ1) is 26.7. The standard InChI is InChI=1S/C30H36F2N6O2/c1-20-14-22(18-23(15-20)37-11-6-30(31,32)7-12-37)36-27-26-24(34-19-35-27)16-21(28(40)33-8-13-39)17-25(26)38-9-4-29(2-3-29)5-10-38/h14-19,39H,2-13H2,1H3,(H,33,40)(H,34,35,36). The summed E-state index contributed by atoms with van der Waals surface area (Å²) in [6.45, 7) is 4.48. The molecule has 3 N–H and O–H groups in total. The molecular weight excluding hydrogens is 514 g/mol. The molecule has 3 fully saturated rings. The maximum absolute atomic E-state index is 13.8. The van der Waals surface area contributed by atoms with Crippen LogP contribution in [0, 0.1) is 12.3 Å². The average Bonchev–Trinajstić information content (AvgIpc) is 3.69. The molecule has 0 radical (unpaired) electrons. The Morgan fingerprint density at radius 1 is 0.950 bits per heavy atom. The number of aryl methyl sites for hydroxylation is 1. The molecule has 0 atom stereocenters. The van der Waals surface area contributed by atoms with Crippen molar-refractivity contribution in [2.24, 2.45) is 5.41 Å². The number of aliphatic hydroxyl groups excluding tert-OH is 1. The third kappa shape index (κ3) is 5.54. The zero-order valence-electron chi connectivity index (χ0n) is 22.8. The van der Waals surface area contributed by atoms with Crippen LogP contribution in [0.2, 0.25) is 0 Å². The van der Waals surface area contributed by atoms with Gasteiger partial charge < -0.3 is 25.5 Å². The van der Waals surface area contributed by atoms with Crippen molar-refractivity contribution in [1.29, 1.82) is 0 Å². The highest BCUT2D eigenvalue weighted by Gasteiger charge is 2.44. The Morgan fingerprint density at radius 2 is 1.68 bits per heavy atom. The van der Waals surface area contributed by atoms with Crippen LogP contribution in [0.1, 0.15) is 54.4 Å². The van der Waals surface area contributed by atoms with E-state index in [1.807, 2.05) is 36.1 Å². The number of benzene rings is 2. The molecule has 3 heterocycles. The monoisotopic (exact) mass is 550 g/mol. The Kier molecular flexibility index (Phi) is 6.98. The first-order valence-electron chi connectivity index (χ1n) is 14.2. The predicted molar refractivity (Wildman–Crippen MR) is 153 cm³/mol. The number of hydrogen-bond acceptors (Lipinski definition) is 7. The second kappa shape index (κ2) is 10.5. The number of carbonyl (C=O) groups excluding carboxylic acids is 1. The number of hydrogen-bond donors (Lipinski definition) is 3. The molecule has 8 nitrogen and oxygen atoms in total. The number of fused-ring (bicyclic) bond motifs is 1. The van der Waals surface area contributed by atoms with Crippen LogP contribution in [0.5, 0.6) is 0 Å². The number of nitrogens with one attached hydrogen (secondary N) is 2. The number of nitrogens with zero attached hydrogens (tertiary/aromatic N) is 4. The van der Waals surface area contributed by atoms with Gasteiger partial charge in [-0.2, -0.15) is 0 Å². The lowest BCUT2D eigenvalue weighted by Gasteiger charge is -2.35. The molecule has 6 rings (SSSR count). The second-order valence-electron chi connectivity index (χ2n) is 11.6. The maximum Gasteiger partial charge on any atom is 0.251 e. The zero-order chi connectivity index (χ0) is 27.9. The predicted octanol–water partition coefficient (Wildman–Crippen LogP) is 5.02. The van der Waals surface area contributed by atoms with Gasteiger partial charge in [-0.05, 0) is 73.9 Å². The molecule has 1 spiro atoms. The van der Waals surface area contributed by atoms with E-state index in [2.05, 4.69) is 25.5 Å². The molecule has 3 aromatic rings. The number of carbonyl (C=O) groups is 1. The third-order valence-corrected chi connectivity index (χ3v) is 8.68. The molecule has 0 unspecified atom stereocenters. The van der Waals surface area contributed by atoms with Crippen molar-refractivity contribution in [2.45, 2.75) is 51.4 Å². The summed E-state index contributed by atoms with van der Waals surface area (Å²) >= 11 is 0. The Hall–Kier alpha value is -3.53. The summed E-state index contributed by atoms with van der Waals surface area (Å²) in [4.78, 5) is 26.4. The maximum atomic E-state index is 13.8. The normalized spacial score (nSPS) is 19.6. The summed E-state index contributed by atoms with van der Waals surface area (Å²) in [6, 6.07) is 9.70. The lowest BCUT2D eigenvalue weighted by molar-refractivity contribution is -0.0220. The fraction of sp³-hybridized carbons (Fsp3) is 0.500. The largest absolute Gasteiger partial charge is 0.395 e. The van der Waals surface area contributed by atoms with Gasteiger partial charge in [0, 0.05) is 62.5 Å². The van der Waals surface area contributed by atoms with Crippen molar-refractivity contribution < 1.29 is 18.7 Å². The molecule has 2 saturated heterocycles. The Morgan fingerprint density at radius 3 is 2.38 bits per heavy atom. The van der Waals surface area contributed by atoms with Crippen molar-refractivity contribution in [3.8, 4) is 0 Å². The fourth-order valence-corrected chi connectivity index (χ4v) is 6.06. The lowest BCUT2D eigenvalue weighted by Crippen LogP contribution is -2.39. The van der Waals surface area contributed by atoms with Crippen LogP contribution in [0.25, 0.3) is 10.9 Å². The van der Waals surface area contributed by atoms with Crippen LogP contribution in [-0.2, 0) is 0 Å². The van der Waals surface area contributed by atoms with E-state index in [1.165, 1.54) is 19.2 Å². The van der Waals surface area contributed by atoms with Crippen molar-refractivity contribution in [3.05, 3.63) is 47.8 Å². The van der Waals surface area contributed by atoms with Crippen molar-refractivity contribution in [1.82, 2.24) is 15.3 Å². The number of piperidine rings is 2. The van der Waals surface area contributed by atoms with Crippen LogP contribution in [0.3, 0.4) is 0 Å². The van der Waals surface area contributed by atoms with E-state index in [0.717, 1.165) is 53.9 Å². The number of alkyl halides is 2. The van der Waals surface area contributed by atoms with E-state index < -0.39 is 5.92 Å². The number of amides is 1. The van der Waals surface area contributed by atoms with E-state index in [9.17, 15) is 18.7 Å². The number of rotatable bonds is 7. The number of halogens is 2. The summed E-state index contributed by atoms with van der Waals surface area (Å²) < 4.78 is 27.5. The van der Waals surface area contributed by atoms with Gasteiger partial charge in [-0.1, -0.05) is 0 Å². The summed E-state index contributed by atoms with van der Waals surface area (Å²) in [5.41, 5.74) is 5.30. The van der Waals surface area contributed by atoms with Gasteiger partial charge in [-0.3, -0.25) is 4.79 Å². The minimum atomic E-state index is -2.60. The molecule has 1 amide bonds. The van der Waals surface area contributed by atoms with Crippen molar-refractivity contribution >= 4 is 39.7 Å². The SMILES string of the molecule is Cc1cc(Nc2ncnc3cc(C(=O)NCCO)cc(N4CCC5(CC4)CC5)c23)cc(N2CCC(F)(F)CC2)c1. The smallest absolute Gasteiger partial charge is 0.251 e. The van der Waals surface area contributed by atoms with Crippen LogP contribution in [-0.4, -0.2) is 66.2 Å². The number of aliphatic hydroxyl groups is 1. The Labute approximate surface area is 232 Å². The van der Waals surface area contributed by atoms with E-state index >= 15 is 0 Å². The molecule has 1 aliphatic carbocycles. The number of anilines is 4. The minimum Gasteiger partial charge on any atom is -0.395 e. The molecule has 2 aliphatic heterocycles. The summed E-state index contributed by atoms with van der Waals surface area (Å²) in [7, 11) is 0. The quantitative estimate of drug-likeness (QED) is 0.380. The van der Waals surface area contributed by atoms with Crippen molar-refractivity contribution in [3.63, 3.8) is 0 Å². The van der Waals surface area contributed by atoms with Crippen molar-refractivity contribution in [2.75, 3.05) is 54.4 Å². The fourth-order valence-electron chi connectivity index (χ4n) is 6.06. The second-order valence-corrected chi connectivity index (χ2v) is 11.6. The molecule has 212 valence electrons. The van der Waals surface area contributed by atoms with Gasteiger partial charge in [0.1, 0.15) is 12.1 Å². The van der Waals surface area contributed by atoms with Gasteiger partial charge >= 0.3 is 0 Å². The van der Waals surface area contributed by atoms with Crippen LogP contribution in [0.15, 0.2) is 36.7 Å². The van der Waals surface area contributed by atoms with Crippen LogP contribution in [0.4, 0.5) is 31.7 Å². The highest BCUT2D eigenvalue weighted by atomic mass is 19.3. The molecular formula is C30H36F2N6O2. The molecule has 0 bridgehead atoms. The third-order valence-electron chi connectivity index (χ3n) is 8.68. The molecule has 10 heteroatoms. The summed E-state index contributed by atoms with van der Waals surface area (Å²) in [5.74, 6) is -2.22. The molecule has 2 aromatic carbocycles. The van der Waals surface area contributed by atoms with Crippen LogP contribution < -0.4 is 20.4 Å². The lowest BCUT2D eigenvalue weighted by atomic mass is 9.93. The van der Waals surface area contributed by atoms with Gasteiger partial charge in [-0.15, -0.1) is 0 Å². The average molecular weight is 551 g/mol. The van der Waals surface area contributed by atoms with E-state index in [4.69, 9.17) is 0 Å². The highest BCUT2D eigenvalue weighted by Crippen LogP contribution is 2.54. The number of aromatic nitrogens is 2. The summed E-state index contributed by atoms with van der Waals surface area (Å²) in [6.07, 6.45) is 6.05. The van der Waals surface area contributed by atoms with Gasteiger partial charge in [-0.25, -0.2) is 18.7 Å². The summed E-state index contributed by atoms with van der Waals surface area (Å²) in [5, 5.41) is 16.3. The van der Waals surface area contributed by atoms with E-state index in [0.29, 0.717) is 35.4 Å². The van der Waals surface area contributed by atoms with Crippen LogP contribution >= 0.6 is 0 Å². The molecule has 1 aromatic heterocycles. The van der Waals surface area contributed by atoms with E-state index in [-0.39, 0.29) is 31.9 Å². The Balaban J connectivity index is 1.36. The first-order chi connectivity index (χ1) is 19.2. The topological polar surface area (TPSA) is 93.6 Å². The van der Waals surface area contributed by atoms with Gasteiger partial charge in [0.2, 0.25) is 0 Å². The minimum absolute atomic E-state index is 0.130. The van der Waals surface area contributed by atoms with Gasteiger partial charge in [0.05, 0.1) is 23.2 Å². The van der Waals surface area contributed by atoms with Gasteiger partial charge in [0.25, 0.3) is 11.8 Å². The Bertz CT molecular complexity index is 1410. The highest BCUT2D eigenvalue weighted by molar-refractivity contribution is 6.06. The zero-order valence-corrected chi connectivity index (χ0v) is 22.8.